The van der Waals surface area contributed by atoms with Crippen molar-refractivity contribution in [3.05, 3.63) is 47.9 Å². The summed E-state index contributed by atoms with van der Waals surface area (Å²) in [5.74, 6) is -0.0921. The lowest BCUT2D eigenvalue weighted by molar-refractivity contribution is 0.217. The van der Waals surface area contributed by atoms with E-state index in [9.17, 15) is 20.4 Å². The van der Waals surface area contributed by atoms with Crippen molar-refractivity contribution < 1.29 is 25.2 Å². The maximum Gasteiger partial charge on any atom is 0.157 e. The molecule has 1 aliphatic rings. The van der Waals surface area contributed by atoms with E-state index in [0.29, 0.717) is 23.3 Å². The number of phenols is 4. The summed E-state index contributed by atoms with van der Waals surface area (Å²) in [5, 5.41) is 38.0. The number of aromatic hydroxyl groups is 4. The molecule has 0 spiro atoms. The van der Waals surface area contributed by atoms with Gasteiger partial charge in [0.05, 0.1) is 0 Å². The summed E-state index contributed by atoms with van der Waals surface area (Å²) in [4.78, 5) is 0. The summed E-state index contributed by atoms with van der Waals surface area (Å²) in [5.41, 5.74) is 1.29. The van der Waals surface area contributed by atoms with E-state index in [4.69, 9.17) is 4.74 Å². The molecule has 5 nitrogen and oxygen atoms in total. The van der Waals surface area contributed by atoms with Crippen molar-refractivity contribution in [3.8, 4) is 28.7 Å². The van der Waals surface area contributed by atoms with Crippen molar-refractivity contribution in [1.82, 2.24) is 0 Å². The second kappa shape index (κ2) is 4.52. The lowest BCUT2D eigenvalue weighted by Gasteiger charge is -2.26. The van der Waals surface area contributed by atoms with Crippen LogP contribution in [0.1, 0.15) is 17.2 Å². The fourth-order valence-corrected chi connectivity index (χ4v) is 2.26. The van der Waals surface area contributed by atoms with E-state index in [2.05, 4.69) is 0 Å². The van der Waals surface area contributed by atoms with E-state index in [-0.39, 0.29) is 23.0 Å². The van der Waals surface area contributed by atoms with Crippen molar-refractivity contribution in [2.45, 2.75) is 12.5 Å². The highest BCUT2D eigenvalue weighted by molar-refractivity contribution is 5.52. The number of hydrogen-bond donors (Lipinski definition) is 4. The van der Waals surface area contributed by atoms with Gasteiger partial charge in [0.1, 0.15) is 23.4 Å². The first-order valence-corrected chi connectivity index (χ1v) is 6.11. The molecule has 0 bridgehead atoms. The topological polar surface area (TPSA) is 90.2 Å². The second-order valence-electron chi connectivity index (χ2n) is 4.67. The molecule has 0 saturated carbocycles. The maximum absolute atomic E-state index is 9.74. The van der Waals surface area contributed by atoms with Crippen molar-refractivity contribution in [2.24, 2.45) is 0 Å². The molecule has 1 heterocycles. The third-order valence-electron chi connectivity index (χ3n) is 3.29. The van der Waals surface area contributed by atoms with Crippen LogP contribution < -0.4 is 4.74 Å². The van der Waals surface area contributed by atoms with Gasteiger partial charge in [-0.25, -0.2) is 0 Å². The smallest absolute Gasteiger partial charge is 0.157 e. The van der Waals surface area contributed by atoms with Crippen molar-refractivity contribution in [2.75, 3.05) is 0 Å². The van der Waals surface area contributed by atoms with E-state index >= 15 is 0 Å². The largest absolute Gasteiger partial charge is 0.508 e. The lowest BCUT2D eigenvalue weighted by Crippen LogP contribution is -2.15. The highest BCUT2D eigenvalue weighted by Gasteiger charge is 2.25. The Kier molecular flexibility index (Phi) is 2.82. The van der Waals surface area contributed by atoms with E-state index in [1.165, 1.54) is 24.3 Å². The lowest BCUT2D eigenvalue weighted by atomic mass is 9.96. The Labute approximate surface area is 115 Å². The zero-order chi connectivity index (χ0) is 14.3. The molecular weight excluding hydrogens is 260 g/mol. The van der Waals surface area contributed by atoms with Gasteiger partial charge in [-0.2, -0.15) is 0 Å². The SMILES string of the molecule is Oc1cc(O)c2c(c1)O[C@@H](c1ccc(O)c(O)c1)[CH]C2. The van der Waals surface area contributed by atoms with Gasteiger partial charge in [0.2, 0.25) is 0 Å². The van der Waals surface area contributed by atoms with Gasteiger partial charge in [-0.1, -0.05) is 6.07 Å². The average Bonchev–Trinajstić information content (AvgIpc) is 2.41. The van der Waals surface area contributed by atoms with Crippen molar-refractivity contribution in [3.63, 3.8) is 0 Å². The summed E-state index contributed by atoms with van der Waals surface area (Å²) < 4.78 is 5.71. The van der Waals surface area contributed by atoms with Gasteiger partial charge in [0.25, 0.3) is 0 Å². The van der Waals surface area contributed by atoms with Crippen LogP contribution >= 0.6 is 0 Å². The standard InChI is InChI=1S/C15H13O5/c16-9-6-12(18)10-2-4-14(20-15(10)7-9)8-1-3-11(17)13(19)5-8/h1,3-7,14,16-19H,2H2/t14-/m1/s1. The summed E-state index contributed by atoms with van der Waals surface area (Å²) in [6.07, 6.45) is 1.90. The minimum absolute atomic E-state index is 0.0109. The van der Waals surface area contributed by atoms with E-state index in [1.807, 2.05) is 6.42 Å². The molecule has 0 aliphatic carbocycles. The van der Waals surface area contributed by atoms with E-state index < -0.39 is 6.10 Å². The van der Waals surface area contributed by atoms with Gasteiger partial charge in [-0.05, 0) is 24.1 Å². The van der Waals surface area contributed by atoms with Crippen molar-refractivity contribution in [1.29, 1.82) is 0 Å². The normalized spacial score (nSPS) is 17.3. The van der Waals surface area contributed by atoms with Crippen LogP contribution in [0.3, 0.4) is 0 Å². The molecule has 0 unspecified atom stereocenters. The molecule has 4 N–H and O–H groups in total. The van der Waals surface area contributed by atoms with Gasteiger partial charge in [-0.3, -0.25) is 0 Å². The number of phenolic OH excluding ortho intramolecular Hbond substituents is 4. The van der Waals surface area contributed by atoms with Crippen LogP contribution in [0.4, 0.5) is 0 Å². The zero-order valence-electron chi connectivity index (χ0n) is 10.4. The minimum Gasteiger partial charge on any atom is -0.508 e. The summed E-state index contributed by atoms with van der Waals surface area (Å²) in [6.45, 7) is 0. The molecule has 2 aromatic carbocycles. The fourth-order valence-electron chi connectivity index (χ4n) is 2.26. The highest BCUT2D eigenvalue weighted by Crippen LogP contribution is 2.42. The Hall–Kier alpha value is -2.56. The molecule has 0 amide bonds. The Bertz CT molecular complexity index is 666. The Morgan fingerprint density at radius 1 is 0.900 bits per heavy atom. The third-order valence-corrected chi connectivity index (χ3v) is 3.29. The molecule has 0 fully saturated rings. The minimum atomic E-state index is -0.421. The Balaban J connectivity index is 1.93. The van der Waals surface area contributed by atoms with Gasteiger partial charge in [-0.15, -0.1) is 0 Å². The van der Waals surface area contributed by atoms with Crippen LogP contribution in [0.15, 0.2) is 30.3 Å². The predicted molar refractivity (Wildman–Crippen MR) is 70.9 cm³/mol. The van der Waals surface area contributed by atoms with Crippen LogP contribution in [-0.4, -0.2) is 20.4 Å². The first kappa shape index (κ1) is 12.5. The monoisotopic (exact) mass is 273 g/mol. The quantitative estimate of drug-likeness (QED) is 0.599. The number of rotatable bonds is 1. The molecule has 0 aromatic heterocycles. The molecular formula is C15H13O5. The molecule has 2 aromatic rings. The number of ether oxygens (including phenoxy) is 1. The predicted octanol–water partition coefficient (Wildman–Crippen LogP) is 2.39. The zero-order valence-corrected chi connectivity index (χ0v) is 10.4. The number of fused-ring (bicyclic) bond motifs is 1. The van der Waals surface area contributed by atoms with Gasteiger partial charge in [0.15, 0.2) is 11.5 Å². The van der Waals surface area contributed by atoms with Crippen LogP contribution in [0.2, 0.25) is 0 Å². The molecule has 103 valence electrons. The third kappa shape index (κ3) is 2.07. The second-order valence-corrected chi connectivity index (χ2v) is 4.67. The number of benzene rings is 2. The number of hydrogen-bond acceptors (Lipinski definition) is 5. The fraction of sp³-hybridized carbons (Fsp3) is 0.133. The van der Waals surface area contributed by atoms with Gasteiger partial charge >= 0.3 is 0 Å². The molecule has 1 atom stereocenters. The van der Waals surface area contributed by atoms with Gasteiger partial charge < -0.3 is 25.2 Å². The van der Waals surface area contributed by atoms with Crippen molar-refractivity contribution >= 4 is 0 Å². The van der Waals surface area contributed by atoms with Crippen LogP contribution in [0.25, 0.3) is 0 Å². The van der Waals surface area contributed by atoms with Crippen LogP contribution in [-0.2, 0) is 6.42 Å². The Morgan fingerprint density at radius 2 is 1.70 bits per heavy atom. The van der Waals surface area contributed by atoms with E-state index in [1.54, 1.807) is 6.07 Å². The molecule has 3 rings (SSSR count). The van der Waals surface area contributed by atoms with Crippen LogP contribution in [0, 0.1) is 6.42 Å². The first-order chi connectivity index (χ1) is 9.54. The summed E-state index contributed by atoms with van der Waals surface area (Å²) in [6, 6.07) is 7.16. The van der Waals surface area contributed by atoms with Crippen LogP contribution in [0.5, 0.6) is 28.7 Å². The average molecular weight is 273 g/mol. The van der Waals surface area contributed by atoms with Gasteiger partial charge in [0, 0.05) is 24.1 Å². The van der Waals surface area contributed by atoms with E-state index in [0.717, 1.165) is 0 Å². The summed E-state index contributed by atoms with van der Waals surface area (Å²) >= 11 is 0. The molecule has 0 saturated heterocycles. The maximum atomic E-state index is 9.74. The molecule has 20 heavy (non-hydrogen) atoms. The highest BCUT2D eigenvalue weighted by atomic mass is 16.5. The molecule has 1 aliphatic heterocycles. The molecule has 5 heteroatoms. The Morgan fingerprint density at radius 3 is 2.45 bits per heavy atom. The first-order valence-electron chi connectivity index (χ1n) is 6.11. The summed E-state index contributed by atoms with van der Waals surface area (Å²) in [7, 11) is 0. The molecule has 1 radical (unpaired) electrons.